The lowest BCUT2D eigenvalue weighted by molar-refractivity contribution is -0.132. The van der Waals surface area contributed by atoms with Crippen LogP contribution in [0, 0.1) is 0 Å². The van der Waals surface area contributed by atoms with Crippen LogP contribution in [0.15, 0.2) is 82.7 Å². The molecular formula is C34H33N3O5S2. The lowest BCUT2D eigenvalue weighted by atomic mass is 9.94. The first-order valence-electron chi connectivity index (χ1n) is 14.8. The molecule has 44 heavy (non-hydrogen) atoms. The highest BCUT2D eigenvalue weighted by Gasteiger charge is 2.48. The maximum Gasteiger partial charge on any atom is 0.301 e. The second-order valence-electron chi connectivity index (χ2n) is 10.9. The standard InChI is InChI=1S/C34H33N3O5S2/c1-3-4-8-16-41-26-13-9-12-23(19-26)29-28(30(38)24-14-15-27-25(18-24)17-21(2)42-27)31(39)32(40)37(29)33-35-36-34(44-33)43-20-22-10-6-5-7-11-22/h5-7,9-15,18-19,21,29,38H,3-4,8,16-17,20H2,1-2H3. The number of thioether (sulfide) groups is 1. The largest absolute Gasteiger partial charge is 0.507 e. The third-order valence-electron chi connectivity index (χ3n) is 7.61. The highest BCUT2D eigenvalue weighted by Crippen LogP contribution is 2.45. The Bertz CT molecular complexity index is 1700. The van der Waals surface area contributed by atoms with Crippen molar-refractivity contribution in [1.82, 2.24) is 10.2 Å². The van der Waals surface area contributed by atoms with Crippen LogP contribution in [0.1, 0.15) is 61.4 Å². The molecule has 4 aromatic rings. The van der Waals surface area contributed by atoms with E-state index >= 15 is 0 Å². The molecule has 3 aromatic carbocycles. The fraction of sp³-hybridized carbons (Fsp3) is 0.294. The monoisotopic (exact) mass is 627 g/mol. The van der Waals surface area contributed by atoms with Crippen molar-refractivity contribution in [2.45, 2.75) is 61.8 Å². The fourth-order valence-electron chi connectivity index (χ4n) is 5.46. The number of nitrogens with zero attached hydrogens (tertiary/aromatic N) is 3. The third kappa shape index (κ3) is 6.23. The molecule has 0 aliphatic carbocycles. The van der Waals surface area contributed by atoms with E-state index in [0.717, 1.165) is 36.1 Å². The zero-order chi connectivity index (χ0) is 30.6. The second kappa shape index (κ2) is 13.2. The Balaban J connectivity index is 1.38. The maximum absolute atomic E-state index is 13.7. The van der Waals surface area contributed by atoms with Gasteiger partial charge in [0.2, 0.25) is 5.13 Å². The number of ether oxygens (including phenoxy) is 2. The number of ketones is 1. The number of carbonyl (C=O) groups is 2. The third-order valence-corrected chi connectivity index (χ3v) is 9.74. The van der Waals surface area contributed by atoms with Crippen LogP contribution in [0.3, 0.4) is 0 Å². The molecule has 1 saturated heterocycles. The molecule has 2 aliphatic rings. The highest BCUT2D eigenvalue weighted by atomic mass is 32.2. The van der Waals surface area contributed by atoms with Gasteiger partial charge >= 0.3 is 5.91 Å². The summed E-state index contributed by atoms with van der Waals surface area (Å²) in [5.74, 6) is 0.295. The van der Waals surface area contributed by atoms with Crippen LogP contribution in [0.4, 0.5) is 5.13 Å². The summed E-state index contributed by atoms with van der Waals surface area (Å²) in [6.45, 7) is 4.68. The van der Waals surface area contributed by atoms with Gasteiger partial charge in [0.15, 0.2) is 4.34 Å². The number of benzene rings is 3. The van der Waals surface area contributed by atoms with Crippen molar-refractivity contribution in [2.75, 3.05) is 11.5 Å². The molecular weight excluding hydrogens is 595 g/mol. The van der Waals surface area contributed by atoms with Crippen LogP contribution >= 0.6 is 23.1 Å². The Morgan fingerprint density at radius 1 is 1.07 bits per heavy atom. The number of rotatable bonds is 11. The minimum atomic E-state index is -0.919. The first-order chi connectivity index (χ1) is 21.4. The number of amides is 1. The van der Waals surface area contributed by atoms with E-state index in [-0.39, 0.29) is 22.6 Å². The summed E-state index contributed by atoms with van der Waals surface area (Å²) in [6, 6.07) is 21.8. The van der Waals surface area contributed by atoms with E-state index in [9.17, 15) is 14.7 Å². The summed E-state index contributed by atoms with van der Waals surface area (Å²) in [5, 5.41) is 20.6. The van der Waals surface area contributed by atoms with Crippen LogP contribution < -0.4 is 14.4 Å². The molecule has 226 valence electrons. The van der Waals surface area contributed by atoms with Gasteiger partial charge in [0, 0.05) is 17.7 Å². The van der Waals surface area contributed by atoms with Crippen molar-refractivity contribution < 1.29 is 24.2 Å². The number of anilines is 1. The van der Waals surface area contributed by atoms with Gasteiger partial charge in [0.1, 0.15) is 23.4 Å². The average molecular weight is 628 g/mol. The maximum atomic E-state index is 13.7. The number of hydrogen-bond acceptors (Lipinski definition) is 9. The van der Waals surface area contributed by atoms with E-state index in [2.05, 4.69) is 17.1 Å². The van der Waals surface area contributed by atoms with Crippen LogP contribution in [0.5, 0.6) is 11.5 Å². The molecule has 6 rings (SSSR count). The van der Waals surface area contributed by atoms with Gasteiger partial charge in [-0.15, -0.1) is 10.2 Å². The summed E-state index contributed by atoms with van der Waals surface area (Å²) in [6.07, 6.45) is 3.79. The SMILES string of the molecule is CCCCCOc1cccc(C2C(=C(O)c3ccc4c(c3)CC(C)O4)C(=O)C(=O)N2c2nnc(SCc3ccccc3)s2)c1. The van der Waals surface area contributed by atoms with Gasteiger partial charge in [0.05, 0.1) is 18.2 Å². The molecule has 1 N–H and O–H groups in total. The molecule has 2 aliphatic heterocycles. The van der Waals surface area contributed by atoms with Crippen molar-refractivity contribution in [3.63, 3.8) is 0 Å². The molecule has 8 nitrogen and oxygen atoms in total. The van der Waals surface area contributed by atoms with Crippen LogP contribution in [-0.4, -0.2) is 39.7 Å². The number of Topliss-reactive ketones (excluding diaryl/α,β-unsaturated/α-hetero) is 1. The second-order valence-corrected chi connectivity index (χ2v) is 13.1. The first kappa shape index (κ1) is 29.9. The fourth-order valence-corrected chi connectivity index (χ4v) is 7.29. The highest BCUT2D eigenvalue weighted by molar-refractivity contribution is 8.00. The van der Waals surface area contributed by atoms with Crippen molar-refractivity contribution in [3.05, 3.63) is 101 Å². The summed E-state index contributed by atoms with van der Waals surface area (Å²) < 4.78 is 12.5. The Morgan fingerprint density at radius 3 is 2.73 bits per heavy atom. The number of carbonyl (C=O) groups excluding carboxylic acids is 2. The van der Waals surface area contributed by atoms with Gasteiger partial charge in [-0.05, 0) is 60.4 Å². The minimum Gasteiger partial charge on any atom is -0.507 e. The van der Waals surface area contributed by atoms with Crippen LogP contribution in [0.25, 0.3) is 5.76 Å². The molecule has 0 saturated carbocycles. The average Bonchev–Trinajstić information content (AvgIpc) is 3.73. The van der Waals surface area contributed by atoms with Gasteiger partial charge in [-0.3, -0.25) is 14.5 Å². The predicted molar refractivity (Wildman–Crippen MR) is 172 cm³/mol. The topological polar surface area (TPSA) is 102 Å². The summed E-state index contributed by atoms with van der Waals surface area (Å²) in [4.78, 5) is 28.8. The van der Waals surface area contributed by atoms with E-state index in [0.29, 0.717) is 40.0 Å². The number of unbranched alkanes of at least 4 members (excludes halogenated alkanes) is 2. The first-order valence-corrected chi connectivity index (χ1v) is 16.6. The van der Waals surface area contributed by atoms with Gasteiger partial charge in [-0.25, -0.2) is 0 Å². The van der Waals surface area contributed by atoms with E-state index in [1.54, 1.807) is 12.1 Å². The van der Waals surface area contributed by atoms with Crippen LogP contribution in [0.2, 0.25) is 0 Å². The lowest BCUT2D eigenvalue weighted by Crippen LogP contribution is -2.29. The number of hydrogen-bond donors (Lipinski definition) is 1. The molecule has 0 radical (unpaired) electrons. The Hall–Kier alpha value is -4.15. The Labute approximate surface area is 264 Å². The zero-order valence-corrected chi connectivity index (χ0v) is 26.2. The van der Waals surface area contributed by atoms with Crippen molar-refractivity contribution in [3.8, 4) is 11.5 Å². The number of fused-ring (bicyclic) bond motifs is 1. The number of aliphatic hydroxyl groups excluding tert-OH is 1. The van der Waals surface area contributed by atoms with Gasteiger partial charge in [0.25, 0.3) is 5.78 Å². The molecule has 1 fully saturated rings. The normalized spacial score (nSPS) is 18.8. The van der Waals surface area contributed by atoms with Gasteiger partial charge < -0.3 is 14.6 Å². The number of aromatic nitrogens is 2. The molecule has 0 bridgehead atoms. The molecule has 0 spiro atoms. The number of aliphatic hydroxyl groups is 1. The molecule has 1 aromatic heterocycles. The van der Waals surface area contributed by atoms with Crippen molar-refractivity contribution >= 4 is 45.7 Å². The van der Waals surface area contributed by atoms with Gasteiger partial charge in [-0.1, -0.05) is 85.3 Å². The van der Waals surface area contributed by atoms with Crippen molar-refractivity contribution in [1.29, 1.82) is 0 Å². The quantitative estimate of drug-likeness (QED) is 0.0460. The molecule has 1 amide bonds. The Morgan fingerprint density at radius 2 is 1.91 bits per heavy atom. The smallest absolute Gasteiger partial charge is 0.301 e. The predicted octanol–water partition coefficient (Wildman–Crippen LogP) is 7.35. The van der Waals surface area contributed by atoms with E-state index in [1.165, 1.54) is 28.0 Å². The summed E-state index contributed by atoms with van der Waals surface area (Å²) in [5.41, 5.74) is 3.16. The van der Waals surface area contributed by atoms with E-state index < -0.39 is 17.7 Å². The zero-order valence-electron chi connectivity index (χ0n) is 24.6. The molecule has 3 heterocycles. The molecule has 2 atom stereocenters. The lowest BCUT2D eigenvalue weighted by Gasteiger charge is -2.23. The molecule has 10 heteroatoms. The van der Waals surface area contributed by atoms with E-state index in [4.69, 9.17) is 9.47 Å². The van der Waals surface area contributed by atoms with Gasteiger partial charge in [-0.2, -0.15) is 0 Å². The summed E-state index contributed by atoms with van der Waals surface area (Å²) >= 11 is 2.76. The van der Waals surface area contributed by atoms with E-state index in [1.807, 2.05) is 67.6 Å². The van der Waals surface area contributed by atoms with Crippen molar-refractivity contribution in [2.24, 2.45) is 0 Å². The summed E-state index contributed by atoms with van der Waals surface area (Å²) in [7, 11) is 0. The Kier molecular flexibility index (Phi) is 8.99. The minimum absolute atomic E-state index is 0.00117. The van der Waals surface area contributed by atoms with Crippen LogP contribution in [-0.2, 0) is 21.8 Å². The molecule has 2 unspecified atom stereocenters.